The topological polar surface area (TPSA) is 61.8 Å². The molecule has 0 saturated heterocycles. The quantitative estimate of drug-likeness (QED) is 0.0345. The normalized spacial score (nSPS) is 12.4. The van der Waals surface area contributed by atoms with Gasteiger partial charge in [0, 0.05) is 19.4 Å². The van der Waals surface area contributed by atoms with Gasteiger partial charge in [-0.15, -0.1) is 0 Å². The van der Waals surface area contributed by atoms with Gasteiger partial charge in [0.1, 0.15) is 6.61 Å². The lowest BCUT2D eigenvalue weighted by molar-refractivity contribution is -0.163. The summed E-state index contributed by atoms with van der Waals surface area (Å²) in [5.41, 5.74) is 0. The van der Waals surface area contributed by atoms with Crippen LogP contribution in [0.5, 0.6) is 0 Å². The summed E-state index contributed by atoms with van der Waals surface area (Å²) >= 11 is 0. The number of rotatable bonds is 58. The highest BCUT2D eigenvalue weighted by molar-refractivity contribution is 5.70. The minimum atomic E-state index is -0.543. The van der Waals surface area contributed by atoms with Crippen molar-refractivity contribution >= 4 is 11.9 Å². The van der Waals surface area contributed by atoms with Crippen LogP contribution in [0.15, 0.2) is 48.6 Å². The molecular weight excluding hydrogens is 861 g/mol. The van der Waals surface area contributed by atoms with E-state index < -0.39 is 6.10 Å². The van der Waals surface area contributed by atoms with Gasteiger partial charge in [-0.2, -0.15) is 0 Å². The average molecular weight is 982 g/mol. The summed E-state index contributed by atoms with van der Waals surface area (Å²) in [6.07, 6.45) is 77.2. The Balaban J connectivity index is 4.26. The second-order valence-corrected chi connectivity index (χ2v) is 20.9. The summed E-state index contributed by atoms with van der Waals surface area (Å²) in [5, 5.41) is 0. The molecule has 0 saturated carbocycles. The minimum absolute atomic E-state index is 0.0834. The van der Waals surface area contributed by atoms with Gasteiger partial charge in [0.15, 0.2) is 6.10 Å². The van der Waals surface area contributed by atoms with Gasteiger partial charge in [0.05, 0.1) is 6.61 Å². The summed E-state index contributed by atoms with van der Waals surface area (Å²) in [5.74, 6) is -0.385. The van der Waals surface area contributed by atoms with Crippen molar-refractivity contribution in [3.63, 3.8) is 0 Å². The number of hydrogen-bond donors (Lipinski definition) is 0. The van der Waals surface area contributed by atoms with Crippen molar-refractivity contribution < 1.29 is 23.8 Å². The van der Waals surface area contributed by atoms with E-state index in [0.29, 0.717) is 19.4 Å². The number of unbranched alkanes of at least 4 members (excludes halogenated alkanes) is 39. The van der Waals surface area contributed by atoms with Crippen LogP contribution >= 0.6 is 0 Å². The van der Waals surface area contributed by atoms with Gasteiger partial charge in [-0.05, 0) is 57.8 Å². The second kappa shape index (κ2) is 61.2. The summed E-state index contributed by atoms with van der Waals surface area (Å²) in [6.45, 7) is 7.75. The molecule has 0 radical (unpaired) electrons. The first kappa shape index (κ1) is 67.9. The third-order valence-electron chi connectivity index (χ3n) is 13.9. The van der Waals surface area contributed by atoms with Gasteiger partial charge in [0.25, 0.3) is 0 Å². The van der Waals surface area contributed by atoms with Gasteiger partial charge in [-0.3, -0.25) is 9.59 Å². The number of esters is 2. The molecule has 1 atom stereocenters. The van der Waals surface area contributed by atoms with Crippen LogP contribution in [0.1, 0.15) is 329 Å². The number of ether oxygens (including phenoxy) is 3. The van der Waals surface area contributed by atoms with E-state index in [0.717, 1.165) is 70.6 Å². The van der Waals surface area contributed by atoms with E-state index in [1.165, 1.54) is 225 Å². The Hall–Kier alpha value is -2.14. The van der Waals surface area contributed by atoms with E-state index in [2.05, 4.69) is 69.4 Å². The van der Waals surface area contributed by atoms with Crippen LogP contribution < -0.4 is 0 Å². The molecule has 5 nitrogen and oxygen atoms in total. The molecule has 0 fully saturated rings. The Morgan fingerprint density at radius 1 is 0.329 bits per heavy atom. The maximum Gasteiger partial charge on any atom is 0.306 e. The van der Waals surface area contributed by atoms with Gasteiger partial charge in [-0.1, -0.05) is 307 Å². The van der Waals surface area contributed by atoms with Crippen molar-refractivity contribution in [3.8, 4) is 0 Å². The van der Waals surface area contributed by atoms with Crippen molar-refractivity contribution in [2.45, 2.75) is 335 Å². The third-order valence-corrected chi connectivity index (χ3v) is 13.9. The molecule has 0 aromatic heterocycles. The van der Waals surface area contributed by atoms with E-state index in [9.17, 15) is 9.59 Å². The number of carbonyl (C=O) groups is 2. The highest BCUT2D eigenvalue weighted by atomic mass is 16.6. The molecule has 0 aliphatic carbocycles. The summed E-state index contributed by atoms with van der Waals surface area (Å²) < 4.78 is 17.5. The van der Waals surface area contributed by atoms with Crippen LogP contribution in [0.2, 0.25) is 0 Å². The molecular formula is C65H120O5. The molecule has 0 heterocycles. The smallest absolute Gasteiger partial charge is 0.306 e. The lowest BCUT2D eigenvalue weighted by Gasteiger charge is -2.18. The van der Waals surface area contributed by atoms with Gasteiger partial charge in [0.2, 0.25) is 0 Å². The molecule has 410 valence electrons. The van der Waals surface area contributed by atoms with E-state index in [1.807, 2.05) is 0 Å². The highest BCUT2D eigenvalue weighted by Gasteiger charge is 2.18. The Bertz CT molecular complexity index is 1150. The highest BCUT2D eigenvalue weighted by Crippen LogP contribution is 2.17. The van der Waals surface area contributed by atoms with Crippen LogP contribution in [0.3, 0.4) is 0 Å². The van der Waals surface area contributed by atoms with Crippen molar-refractivity contribution in [2.75, 3.05) is 19.8 Å². The maximum atomic E-state index is 12.9. The van der Waals surface area contributed by atoms with Crippen molar-refractivity contribution in [2.24, 2.45) is 0 Å². The van der Waals surface area contributed by atoms with Crippen molar-refractivity contribution in [1.82, 2.24) is 0 Å². The standard InChI is InChI=1S/C65H120O5/c1-4-7-10-13-16-19-22-25-28-31-33-35-37-40-43-46-49-52-55-58-64(66)69-62-63(61-68-60-57-54-51-48-45-42-39-36-32-29-26-23-20-17-14-11-8-5-2)70-65(67)59-56-53-50-47-44-41-38-34-30-27-24-21-18-15-12-9-6-3/h8,11,17,20,26,29,36,39,63H,4-7,9-10,12-16,18-19,21-25,27-28,30-35,37-38,40-62H2,1-3H3/b11-8-,20-17-,29-26-,39-36-. The van der Waals surface area contributed by atoms with Crippen LogP contribution in [0.4, 0.5) is 0 Å². The SMILES string of the molecule is CC/C=C\C/C=C\C/C=C\C/C=C\CCCCCCCOCC(COC(=O)CCCCCCCCCCCCCCCCCCCCC)OC(=O)CCCCCCCCCCCCCCCCCCC. The molecule has 0 aromatic carbocycles. The van der Waals surface area contributed by atoms with E-state index in [4.69, 9.17) is 14.2 Å². The van der Waals surface area contributed by atoms with E-state index in [-0.39, 0.29) is 25.2 Å². The number of carbonyl (C=O) groups excluding carboxylic acids is 2. The average Bonchev–Trinajstić information content (AvgIpc) is 3.36. The molecule has 0 N–H and O–H groups in total. The maximum absolute atomic E-state index is 12.9. The zero-order valence-corrected chi connectivity index (χ0v) is 47.3. The largest absolute Gasteiger partial charge is 0.462 e. The first-order valence-electron chi connectivity index (χ1n) is 31.2. The molecule has 0 spiro atoms. The lowest BCUT2D eigenvalue weighted by Crippen LogP contribution is -2.30. The molecule has 5 heteroatoms. The number of allylic oxidation sites excluding steroid dienone is 8. The Kier molecular flexibility index (Phi) is 59.3. The van der Waals surface area contributed by atoms with Crippen LogP contribution in [-0.2, 0) is 23.8 Å². The van der Waals surface area contributed by atoms with E-state index in [1.54, 1.807) is 0 Å². The fourth-order valence-corrected chi connectivity index (χ4v) is 9.27. The zero-order chi connectivity index (χ0) is 50.6. The van der Waals surface area contributed by atoms with Crippen molar-refractivity contribution in [3.05, 3.63) is 48.6 Å². The molecule has 0 aliphatic rings. The molecule has 0 amide bonds. The first-order chi connectivity index (χ1) is 34.6. The summed E-state index contributed by atoms with van der Waals surface area (Å²) in [6, 6.07) is 0. The van der Waals surface area contributed by atoms with Crippen LogP contribution in [0.25, 0.3) is 0 Å². The molecule has 0 aromatic rings. The Morgan fingerprint density at radius 2 is 0.643 bits per heavy atom. The Labute approximate surface area is 437 Å². The fraction of sp³-hybridized carbons (Fsp3) is 0.846. The molecule has 0 aliphatic heterocycles. The zero-order valence-electron chi connectivity index (χ0n) is 47.3. The van der Waals surface area contributed by atoms with Crippen LogP contribution in [-0.4, -0.2) is 37.9 Å². The third kappa shape index (κ3) is 58.4. The van der Waals surface area contributed by atoms with Crippen molar-refractivity contribution in [1.29, 1.82) is 0 Å². The fourth-order valence-electron chi connectivity index (χ4n) is 9.27. The molecule has 70 heavy (non-hydrogen) atoms. The monoisotopic (exact) mass is 981 g/mol. The summed E-state index contributed by atoms with van der Waals surface area (Å²) in [4.78, 5) is 25.6. The molecule has 0 bridgehead atoms. The van der Waals surface area contributed by atoms with Gasteiger partial charge >= 0.3 is 11.9 Å². The Morgan fingerprint density at radius 3 is 1.03 bits per heavy atom. The number of hydrogen-bond acceptors (Lipinski definition) is 5. The summed E-state index contributed by atoms with van der Waals surface area (Å²) in [7, 11) is 0. The van der Waals surface area contributed by atoms with Crippen LogP contribution in [0, 0.1) is 0 Å². The second-order valence-electron chi connectivity index (χ2n) is 20.9. The predicted molar refractivity (Wildman–Crippen MR) is 307 cm³/mol. The van der Waals surface area contributed by atoms with Gasteiger partial charge < -0.3 is 14.2 Å². The van der Waals surface area contributed by atoms with Gasteiger partial charge in [-0.25, -0.2) is 0 Å². The molecule has 0 rings (SSSR count). The molecule has 1 unspecified atom stereocenters. The first-order valence-corrected chi connectivity index (χ1v) is 31.2. The predicted octanol–water partition coefficient (Wildman–Crippen LogP) is 21.5. The van der Waals surface area contributed by atoms with E-state index >= 15 is 0 Å². The minimum Gasteiger partial charge on any atom is -0.462 e. The lowest BCUT2D eigenvalue weighted by atomic mass is 10.0.